The van der Waals surface area contributed by atoms with E-state index < -0.39 is 0 Å². The lowest BCUT2D eigenvalue weighted by Gasteiger charge is -2.17. The highest BCUT2D eigenvalue weighted by Gasteiger charge is 2.19. The number of rotatable bonds is 1. The smallest absolute Gasteiger partial charge is 0.268 e. The van der Waals surface area contributed by atoms with Gasteiger partial charge in [-0.05, 0) is 19.1 Å². The first kappa shape index (κ1) is 11.3. The fourth-order valence-corrected chi connectivity index (χ4v) is 1.84. The maximum absolute atomic E-state index is 11.5. The molecule has 0 bridgehead atoms. The molecule has 6 heteroatoms. The first-order valence-corrected chi connectivity index (χ1v) is 5.40. The molecule has 0 aromatic rings. The van der Waals surface area contributed by atoms with Crippen LogP contribution in [0.1, 0.15) is 6.92 Å². The molecule has 0 fully saturated rings. The number of thioether (sulfide) groups is 1. The predicted molar refractivity (Wildman–Crippen MR) is 58.9 cm³/mol. The summed E-state index contributed by atoms with van der Waals surface area (Å²) in [6.45, 7) is 2.40. The number of hydrogen-bond donors (Lipinski definition) is 1. The van der Waals surface area contributed by atoms with Crippen molar-refractivity contribution in [3.8, 4) is 0 Å². The van der Waals surface area contributed by atoms with Gasteiger partial charge in [-0.15, -0.1) is 11.8 Å². The monoisotopic (exact) mass is 233 g/mol. The Hall–Kier alpha value is -0.750. The van der Waals surface area contributed by atoms with Crippen molar-refractivity contribution in [3.05, 3.63) is 10.7 Å². The van der Waals surface area contributed by atoms with Crippen LogP contribution in [0, 0.1) is 0 Å². The Bertz CT molecular complexity index is 288. The lowest BCUT2D eigenvalue weighted by molar-refractivity contribution is -0.115. The maximum Gasteiger partial charge on any atom is 0.268 e. The van der Waals surface area contributed by atoms with Crippen LogP contribution in [0.4, 0.5) is 0 Å². The number of hydrogen-bond acceptors (Lipinski definition) is 5. The minimum atomic E-state index is -0.265. The summed E-state index contributed by atoms with van der Waals surface area (Å²) in [5.74, 6) is 1.15. The average Bonchev–Trinajstić information content (AvgIpc) is 2.18. The van der Waals surface area contributed by atoms with Crippen molar-refractivity contribution < 1.29 is 14.3 Å². The van der Waals surface area contributed by atoms with E-state index in [0.717, 1.165) is 5.75 Å². The maximum atomic E-state index is 11.5. The molecule has 0 saturated carbocycles. The molecule has 0 aromatic heterocycles. The Morgan fingerprint density at radius 3 is 3.00 bits per heavy atom. The lowest BCUT2D eigenvalue weighted by atomic mass is 10.4. The predicted octanol–water partition coefficient (Wildman–Crippen LogP) is 1.03. The second kappa shape index (κ2) is 5.21. The largest absolute Gasteiger partial charge is 0.496 e. The summed E-state index contributed by atoms with van der Waals surface area (Å²) in [5.41, 5.74) is 0. The number of carbonyl (C=O) groups excluding carboxylic acids is 1. The molecule has 0 atom stereocenters. The normalized spacial score (nSPS) is 15.9. The van der Waals surface area contributed by atoms with Crippen LogP contribution >= 0.6 is 24.0 Å². The van der Waals surface area contributed by atoms with Crippen molar-refractivity contribution in [2.45, 2.75) is 6.92 Å². The van der Waals surface area contributed by atoms with Crippen LogP contribution in [-0.2, 0) is 14.3 Å². The molecule has 1 aliphatic rings. The first-order valence-electron chi connectivity index (χ1n) is 4.01. The molecular formula is C8H11NO3S2. The molecule has 0 aliphatic carbocycles. The molecule has 1 N–H and O–H groups in total. The highest BCUT2D eigenvalue weighted by molar-refractivity contribution is 8.04. The van der Waals surface area contributed by atoms with Crippen molar-refractivity contribution in [2.75, 3.05) is 19.5 Å². The molecule has 0 spiro atoms. The van der Waals surface area contributed by atoms with Gasteiger partial charge in [0, 0.05) is 5.75 Å². The van der Waals surface area contributed by atoms with Gasteiger partial charge in [0.2, 0.25) is 0 Å². The summed E-state index contributed by atoms with van der Waals surface area (Å²) in [4.78, 5) is 12.1. The van der Waals surface area contributed by atoms with Gasteiger partial charge in [-0.2, -0.15) is 0 Å². The summed E-state index contributed by atoms with van der Waals surface area (Å²) >= 11 is 6.17. The van der Waals surface area contributed by atoms with Gasteiger partial charge in [0.05, 0.1) is 13.7 Å². The van der Waals surface area contributed by atoms with E-state index in [4.69, 9.17) is 17.0 Å². The summed E-state index contributed by atoms with van der Waals surface area (Å²) in [5, 5.41) is 2.51. The second-order valence-corrected chi connectivity index (χ2v) is 4.00. The van der Waals surface area contributed by atoms with Crippen LogP contribution in [-0.4, -0.2) is 30.6 Å². The van der Waals surface area contributed by atoms with E-state index in [1.165, 1.54) is 18.9 Å². The summed E-state index contributed by atoms with van der Waals surface area (Å²) in [7, 11) is 1.41. The average molecular weight is 233 g/mol. The lowest BCUT2D eigenvalue weighted by Crippen LogP contribution is -2.32. The van der Waals surface area contributed by atoms with Gasteiger partial charge in [0.25, 0.3) is 11.1 Å². The molecule has 0 unspecified atom stereocenters. The topological polar surface area (TPSA) is 47.6 Å². The van der Waals surface area contributed by atoms with Gasteiger partial charge in [-0.25, -0.2) is 0 Å². The van der Waals surface area contributed by atoms with Crippen LogP contribution in [0.15, 0.2) is 10.7 Å². The van der Waals surface area contributed by atoms with Crippen LogP contribution < -0.4 is 5.32 Å². The molecule has 1 heterocycles. The Morgan fingerprint density at radius 2 is 2.43 bits per heavy atom. The molecule has 0 aromatic carbocycles. The fraction of sp³-hybridized carbons (Fsp3) is 0.500. The van der Waals surface area contributed by atoms with Crippen molar-refractivity contribution in [3.63, 3.8) is 0 Å². The third-order valence-corrected chi connectivity index (χ3v) is 2.98. The summed E-state index contributed by atoms with van der Waals surface area (Å²) in [6.07, 6.45) is 0. The van der Waals surface area contributed by atoms with Crippen LogP contribution in [0.5, 0.6) is 0 Å². The van der Waals surface area contributed by atoms with Crippen molar-refractivity contribution in [2.24, 2.45) is 0 Å². The van der Waals surface area contributed by atoms with E-state index in [9.17, 15) is 4.79 Å². The Balaban J connectivity index is 2.63. The SMILES string of the molecule is COC(=S)NC(=O)C1=C(C)OCCS1. The molecule has 78 valence electrons. The molecule has 4 nitrogen and oxygen atoms in total. The Morgan fingerprint density at radius 1 is 1.71 bits per heavy atom. The zero-order valence-electron chi connectivity index (χ0n) is 7.96. The van der Waals surface area contributed by atoms with E-state index in [-0.39, 0.29) is 11.1 Å². The number of allylic oxidation sites excluding steroid dienone is 1. The number of thiocarbonyl (C=S) groups is 1. The molecule has 1 rings (SSSR count). The summed E-state index contributed by atoms with van der Waals surface area (Å²) in [6, 6.07) is 0. The minimum absolute atomic E-state index is 0.0708. The van der Waals surface area contributed by atoms with Crippen LogP contribution in [0.3, 0.4) is 0 Å². The Labute approximate surface area is 92.0 Å². The first-order chi connectivity index (χ1) is 6.65. The standard InChI is InChI=1S/C8H11NO3S2/c1-5-6(14-4-3-12-5)7(10)9-8(13)11-2/h3-4H2,1-2H3,(H,9,10,13). The number of methoxy groups -OCH3 is 1. The van der Waals surface area contributed by atoms with E-state index >= 15 is 0 Å². The van der Waals surface area contributed by atoms with Crippen molar-refractivity contribution in [1.29, 1.82) is 0 Å². The third-order valence-electron chi connectivity index (χ3n) is 1.58. The van der Waals surface area contributed by atoms with Gasteiger partial charge in [0.1, 0.15) is 10.7 Å². The molecular weight excluding hydrogens is 222 g/mol. The van der Waals surface area contributed by atoms with Gasteiger partial charge in [-0.3, -0.25) is 10.1 Å². The van der Waals surface area contributed by atoms with Gasteiger partial charge < -0.3 is 9.47 Å². The zero-order chi connectivity index (χ0) is 10.6. The van der Waals surface area contributed by atoms with Gasteiger partial charge >= 0.3 is 0 Å². The number of ether oxygens (including phenoxy) is 2. The molecule has 14 heavy (non-hydrogen) atoms. The number of carbonyl (C=O) groups is 1. The van der Waals surface area contributed by atoms with E-state index in [1.54, 1.807) is 6.92 Å². The Kier molecular flexibility index (Phi) is 4.21. The van der Waals surface area contributed by atoms with Gasteiger partial charge in [0.15, 0.2) is 0 Å². The highest BCUT2D eigenvalue weighted by atomic mass is 32.2. The van der Waals surface area contributed by atoms with E-state index in [2.05, 4.69) is 10.1 Å². The third kappa shape index (κ3) is 2.88. The van der Waals surface area contributed by atoms with Crippen LogP contribution in [0.25, 0.3) is 0 Å². The van der Waals surface area contributed by atoms with Gasteiger partial charge in [-0.1, -0.05) is 0 Å². The van der Waals surface area contributed by atoms with E-state index in [1.807, 2.05) is 0 Å². The number of nitrogens with one attached hydrogen (secondary N) is 1. The molecule has 1 amide bonds. The molecule has 0 saturated heterocycles. The minimum Gasteiger partial charge on any atom is -0.496 e. The highest BCUT2D eigenvalue weighted by Crippen LogP contribution is 2.25. The quantitative estimate of drug-likeness (QED) is 0.685. The zero-order valence-corrected chi connectivity index (χ0v) is 9.59. The fourth-order valence-electron chi connectivity index (χ4n) is 0.932. The van der Waals surface area contributed by atoms with Crippen molar-refractivity contribution in [1.82, 2.24) is 5.32 Å². The van der Waals surface area contributed by atoms with E-state index in [0.29, 0.717) is 17.3 Å². The van der Waals surface area contributed by atoms with Crippen molar-refractivity contribution >= 4 is 35.1 Å². The van der Waals surface area contributed by atoms with Crippen LogP contribution in [0.2, 0.25) is 0 Å². The molecule has 0 radical (unpaired) electrons. The summed E-state index contributed by atoms with van der Waals surface area (Å²) < 4.78 is 9.91. The molecule has 1 aliphatic heterocycles. The number of amides is 1. The second-order valence-electron chi connectivity index (χ2n) is 2.53.